The Bertz CT molecular complexity index is 1140. The maximum atomic E-state index is 13.1. The summed E-state index contributed by atoms with van der Waals surface area (Å²) in [5.41, 5.74) is 2.70. The minimum atomic E-state index is -3.85. The van der Waals surface area contributed by atoms with E-state index in [9.17, 15) is 13.2 Å². The zero-order valence-corrected chi connectivity index (χ0v) is 17.2. The van der Waals surface area contributed by atoms with Crippen LogP contribution in [0.5, 0.6) is 0 Å². The first kappa shape index (κ1) is 20.1. The smallest absolute Gasteiger partial charge is 0.242 e. The summed E-state index contributed by atoms with van der Waals surface area (Å²) in [6.45, 7) is 0.263. The number of fused-ring (bicyclic) bond motifs is 1. The summed E-state index contributed by atoms with van der Waals surface area (Å²) in [7, 11) is -3.85. The van der Waals surface area contributed by atoms with Gasteiger partial charge in [0, 0.05) is 17.6 Å². The van der Waals surface area contributed by atoms with E-state index in [0.29, 0.717) is 12.3 Å². The van der Waals surface area contributed by atoms with E-state index in [2.05, 4.69) is 0 Å². The van der Waals surface area contributed by atoms with Gasteiger partial charge in [0.25, 0.3) is 0 Å². The Balaban J connectivity index is 1.57. The molecular formula is C23H22N2O4S. The Hall–Kier alpha value is -3.16. The van der Waals surface area contributed by atoms with Gasteiger partial charge >= 0.3 is 0 Å². The Morgan fingerprint density at radius 2 is 1.80 bits per heavy atom. The molecule has 0 aliphatic carbocycles. The van der Waals surface area contributed by atoms with Crippen LogP contribution in [0.1, 0.15) is 16.9 Å². The molecule has 2 heterocycles. The third-order valence-electron chi connectivity index (χ3n) is 5.00. The fourth-order valence-electron chi connectivity index (χ4n) is 3.46. The van der Waals surface area contributed by atoms with Gasteiger partial charge in [0.05, 0.1) is 19.4 Å². The van der Waals surface area contributed by atoms with Gasteiger partial charge < -0.3 is 9.32 Å². The molecule has 1 aliphatic rings. The van der Waals surface area contributed by atoms with Crippen LogP contribution < -0.4 is 4.90 Å². The number of carbonyl (C=O) groups is 1. The first-order valence-electron chi connectivity index (χ1n) is 9.67. The lowest BCUT2D eigenvalue weighted by atomic mass is 10.2. The molecule has 154 valence electrons. The van der Waals surface area contributed by atoms with Crippen LogP contribution in [0.4, 0.5) is 5.69 Å². The first-order chi connectivity index (χ1) is 14.5. The Kier molecular flexibility index (Phi) is 5.83. The second-order valence-electron chi connectivity index (χ2n) is 7.03. The summed E-state index contributed by atoms with van der Waals surface area (Å²) >= 11 is 0. The highest BCUT2D eigenvalue weighted by Crippen LogP contribution is 2.28. The number of benzene rings is 2. The molecular weight excluding hydrogens is 400 g/mol. The molecule has 4 rings (SSSR count). The van der Waals surface area contributed by atoms with E-state index in [4.69, 9.17) is 4.42 Å². The summed E-state index contributed by atoms with van der Waals surface area (Å²) < 4.78 is 32.6. The van der Waals surface area contributed by atoms with E-state index in [-0.39, 0.29) is 19.0 Å². The van der Waals surface area contributed by atoms with E-state index in [0.717, 1.165) is 32.9 Å². The van der Waals surface area contributed by atoms with Crippen LogP contribution in [0, 0.1) is 0 Å². The van der Waals surface area contributed by atoms with E-state index in [1.165, 1.54) is 12.3 Å². The summed E-state index contributed by atoms with van der Waals surface area (Å²) in [6.07, 6.45) is 3.78. The Morgan fingerprint density at radius 1 is 1.03 bits per heavy atom. The second-order valence-corrected chi connectivity index (χ2v) is 8.85. The van der Waals surface area contributed by atoms with Crippen molar-refractivity contribution in [1.82, 2.24) is 4.31 Å². The number of anilines is 1. The number of hydrogen-bond acceptors (Lipinski definition) is 4. The fraction of sp³-hybridized carbons (Fsp3) is 0.174. The number of para-hydroxylation sites is 1. The number of carbonyl (C=O) groups excluding carboxylic acids is 1. The molecule has 0 spiro atoms. The molecule has 0 atom stereocenters. The van der Waals surface area contributed by atoms with Crippen LogP contribution in [-0.2, 0) is 27.8 Å². The summed E-state index contributed by atoms with van der Waals surface area (Å²) in [4.78, 5) is 14.7. The average molecular weight is 423 g/mol. The first-order valence-corrected chi connectivity index (χ1v) is 11.2. The standard InChI is InChI=1S/C23H22N2O4S/c26-23(25-14-12-20-9-4-5-11-22(20)25)18-24(17-21-10-6-15-29-21)30(27,28)16-13-19-7-2-1-3-8-19/h1-11,13,15-16H,12,14,17-18H2. The lowest BCUT2D eigenvalue weighted by molar-refractivity contribution is -0.118. The second kappa shape index (κ2) is 8.69. The molecule has 1 aliphatic heterocycles. The number of amides is 1. The molecule has 30 heavy (non-hydrogen) atoms. The van der Waals surface area contributed by atoms with Crippen molar-refractivity contribution in [2.45, 2.75) is 13.0 Å². The molecule has 0 bridgehead atoms. The van der Waals surface area contributed by atoms with Gasteiger partial charge in [-0.25, -0.2) is 8.42 Å². The molecule has 6 nitrogen and oxygen atoms in total. The van der Waals surface area contributed by atoms with E-state index in [1.54, 1.807) is 17.0 Å². The van der Waals surface area contributed by atoms with Crippen LogP contribution >= 0.6 is 0 Å². The number of hydrogen-bond donors (Lipinski definition) is 0. The van der Waals surface area contributed by atoms with Crippen molar-refractivity contribution in [2.75, 3.05) is 18.0 Å². The van der Waals surface area contributed by atoms with Crippen LogP contribution in [0.25, 0.3) is 6.08 Å². The van der Waals surface area contributed by atoms with Crippen molar-refractivity contribution in [3.05, 3.63) is 95.3 Å². The zero-order valence-electron chi connectivity index (χ0n) is 16.3. The Labute approximate surface area is 176 Å². The van der Waals surface area contributed by atoms with Gasteiger partial charge in [-0.1, -0.05) is 48.5 Å². The van der Waals surface area contributed by atoms with Gasteiger partial charge in [0.2, 0.25) is 15.9 Å². The van der Waals surface area contributed by atoms with Gasteiger partial charge in [-0.15, -0.1) is 0 Å². The molecule has 0 radical (unpaired) electrons. The fourth-order valence-corrected chi connectivity index (χ4v) is 4.56. The maximum Gasteiger partial charge on any atom is 0.242 e. The molecule has 1 amide bonds. The largest absolute Gasteiger partial charge is 0.468 e. The molecule has 3 aromatic rings. The van der Waals surface area contributed by atoms with Crippen molar-refractivity contribution in [3.63, 3.8) is 0 Å². The molecule has 7 heteroatoms. The minimum absolute atomic E-state index is 0.0182. The van der Waals surface area contributed by atoms with Crippen molar-refractivity contribution < 1.29 is 17.6 Å². The van der Waals surface area contributed by atoms with Crippen LogP contribution in [-0.4, -0.2) is 31.7 Å². The summed E-state index contributed by atoms with van der Waals surface area (Å²) in [5.74, 6) is 0.213. The van der Waals surface area contributed by atoms with Gasteiger partial charge in [-0.2, -0.15) is 4.31 Å². The Morgan fingerprint density at radius 3 is 2.57 bits per heavy atom. The minimum Gasteiger partial charge on any atom is -0.468 e. The summed E-state index contributed by atoms with van der Waals surface area (Å²) in [6, 6.07) is 20.2. The number of sulfonamides is 1. The normalized spacial score (nSPS) is 13.8. The van der Waals surface area contributed by atoms with E-state index >= 15 is 0 Å². The lowest BCUT2D eigenvalue weighted by Gasteiger charge is -2.23. The molecule has 1 aromatic heterocycles. The van der Waals surface area contributed by atoms with Gasteiger partial charge in [0.15, 0.2) is 0 Å². The van der Waals surface area contributed by atoms with Gasteiger partial charge in [-0.05, 0) is 41.8 Å². The van der Waals surface area contributed by atoms with Crippen LogP contribution in [0.2, 0.25) is 0 Å². The van der Waals surface area contributed by atoms with Crippen LogP contribution in [0.15, 0.2) is 82.8 Å². The van der Waals surface area contributed by atoms with Crippen molar-refractivity contribution >= 4 is 27.7 Å². The number of nitrogens with zero attached hydrogens (tertiary/aromatic N) is 2. The summed E-state index contributed by atoms with van der Waals surface area (Å²) in [5, 5.41) is 1.14. The zero-order chi connectivity index (χ0) is 21.0. The quantitative estimate of drug-likeness (QED) is 0.582. The highest BCUT2D eigenvalue weighted by molar-refractivity contribution is 7.92. The lowest BCUT2D eigenvalue weighted by Crippen LogP contribution is -2.41. The third-order valence-corrected chi connectivity index (χ3v) is 6.46. The maximum absolute atomic E-state index is 13.1. The topological polar surface area (TPSA) is 70.8 Å². The highest BCUT2D eigenvalue weighted by atomic mass is 32.2. The van der Waals surface area contributed by atoms with Crippen LogP contribution in [0.3, 0.4) is 0 Å². The average Bonchev–Trinajstić information content (AvgIpc) is 3.42. The highest BCUT2D eigenvalue weighted by Gasteiger charge is 2.29. The van der Waals surface area contributed by atoms with Gasteiger partial charge in [-0.3, -0.25) is 4.79 Å². The van der Waals surface area contributed by atoms with Crippen molar-refractivity contribution in [2.24, 2.45) is 0 Å². The van der Waals surface area contributed by atoms with Gasteiger partial charge in [0.1, 0.15) is 5.76 Å². The predicted octanol–water partition coefficient (Wildman–Crippen LogP) is 3.67. The van der Waals surface area contributed by atoms with E-state index < -0.39 is 10.0 Å². The number of rotatable bonds is 7. The van der Waals surface area contributed by atoms with Crippen molar-refractivity contribution in [1.29, 1.82) is 0 Å². The van der Waals surface area contributed by atoms with E-state index in [1.807, 2.05) is 54.6 Å². The number of furan rings is 1. The molecule has 0 saturated carbocycles. The molecule has 0 saturated heterocycles. The predicted molar refractivity (Wildman–Crippen MR) is 116 cm³/mol. The SMILES string of the molecule is O=C(CN(Cc1ccco1)S(=O)(=O)C=Cc1ccccc1)N1CCc2ccccc21. The molecule has 0 fully saturated rings. The molecule has 2 aromatic carbocycles. The molecule has 0 N–H and O–H groups in total. The molecule has 0 unspecified atom stereocenters. The van der Waals surface area contributed by atoms with Crippen molar-refractivity contribution in [3.8, 4) is 0 Å². The monoisotopic (exact) mass is 422 g/mol. The third kappa shape index (κ3) is 4.53.